The lowest BCUT2D eigenvalue weighted by atomic mass is 9.97. The van der Waals surface area contributed by atoms with Crippen LogP contribution in [-0.2, 0) is 26.1 Å². The molecule has 1 N–H and O–H groups in total. The SMILES string of the molecule is CCOC(=O)c1ccc(S(=O)(=O)N2CCC(C(=O)NCc3ccccc3OC)CC2)cc1. The fourth-order valence-electron chi connectivity index (χ4n) is 3.66. The van der Waals surface area contributed by atoms with E-state index in [9.17, 15) is 18.0 Å². The van der Waals surface area contributed by atoms with Gasteiger partial charge in [0.1, 0.15) is 5.75 Å². The average molecular weight is 461 g/mol. The molecule has 1 aliphatic heterocycles. The van der Waals surface area contributed by atoms with Crippen LogP contribution in [0.1, 0.15) is 35.7 Å². The quantitative estimate of drug-likeness (QED) is 0.608. The van der Waals surface area contributed by atoms with E-state index in [1.54, 1.807) is 14.0 Å². The Kier molecular flexibility index (Phi) is 7.87. The lowest BCUT2D eigenvalue weighted by molar-refractivity contribution is -0.126. The Morgan fingerprint density at radius 1 is 1.06 bits per heavy atom. The number of piperidine rings is 1. The summed E-state index contributed by atoms with van der Waals surface area (Å²) >= 11 is 0. The van der Waals surface area contributed by atoms with Crippen LogP contribution < -0.4 is 10.1 Å². The predicted octanol–water partition coefficient (Wildman–Crippen LogP) is 2.59. The summed E-state index contributed by atoms with van der Waals surface area (Å²) in [6.45, 7) is 2.83. The Bertz CT molecular complexity index is 1040. The Hall–Kier alpha value is -2.91. The molecule has 0 unspecified atom stereocenters. The van der Waals surface area contributed by atoms with Crippen molar-refractivity contribution in [3.8, 4) is 5.75 Å². The fraction of sp³-hybridized carbons (Fsp3) is 0.391. The van der Waals surface area contributed by atoms with E-state index >= 15 is 0 Å². The molecule has 0 atom stereocenters. The number of nitrogens with zero attached hydrogens (tertiary/aromatic N) is 1. The Labute approximate surface area is 188 Å². The van der Waals surface area contributed by atoms with Crippen LogP contribution >= 0.6 is 0 Å². The molecule has 0 saturated carbocycles. The average Bonchev–Trinajstić information content (AvgIpc) is 2.83. The van der Waals surface area contributed by atoms with Crippen molar-refractivity contribution >= 4 is 21.9 Å². The predicted molar refractivity (Wildman–Crippen MR) is 119 cm³/mol. The summed E-state index contributed by atoms with van der Waals surface area (Å²) in [4.78, 5) is 24.5. The number of benzene rings is 2. The highest BCUT2D eigenvalue weighted by Gasteiger charge is 2.32. The van der Waals surface area contributed by atoms with E-state index in [0.717, 1.165) is 5.56 Å². The van der Waals surface area contributed by atoms with Crippen LogP contribution in [0.15, 0.2) is 53.4 Å². The van der Waals surface area contributed by atoms with Crippen molar-refractivity contribution in [3.05, 3.63) is 59.7 Å². The maximum atomic E-state index is 12.9. The number of carbonyl (C=O) groups is 2. The molecule has 0 radical (unpaired) electrons. The molecule has 9 heteroatoms. The number of amides is 1. The first-order valence-corrected chi connectivity index (χ1v) is 12.0. The van der Waals surface area contributed by atoms with E-state index in [1.165, 1.54) is 28.6 Å². The molecule has 0 spiro atoms. The Balaban J connectivity index is 1.56. The van der Waals surface area contributed by atoms with Crippen molar-refractivity contribution in [2.75, 3.05) is 26.8 Å². The lowest BCUT2D eigenvalue weighted by Gasteiger charge is -2.30. The van der Waals surface area contributed by atoms with Gasteiger partial charge in [-0.3, -0.25) is 4.79 Å². The third-order valence-electron chi connectivity index (χ3n) is 5.47. The zero-order valence-corrected chi connectivity index (χ0v) is 19.1. The minimum Gasteiger partial charge on any atom is -0.496 e. The molecule has 8 nitrogen and oxygen atoms in total. The third-order valence-corrected chi connectivity index (χ3v) is 7.39. The van der Waals surface area contributed by atoms with Gasteiger partial charge < -0.3 is 14.8 Å². The highest BCUT2D eigenvalue weighted by Crippen LogP contribution is 2.25. The van der Waals surface area contributed by atoms with Gasteiger partial charge in [-0.15, -0.1) is 0 Å². The van der Waals surface area contributed by atoms with Gasteiger partial charge in [0.2, 0.25) is 15.9 Å². The van der Waals surface area contributed by atoms with Gasteiger partial charge in [0.15, 0.2) is 0 Å². The molecule has 172 valence electrons. The first kappa shape index (κ1) is 23.7. The smallest absolute Gasteiger partial charge is 0.338 e. The maximum absolute atomic E-state index is 12.9. The van der Waals surface area contributed by atoms with Crippen molar-refractivity contribution < 1.29 is 27.5 Å². The second-order valence-electron chi connectivity index (χ2n) is 7.45. The van der Waals surface area contributed by atoms with Crippen LogP contribution in [0.25, 0.3) is 0 Å². The number of esters is 1. The summed E-state index contributed by atoms with van der Waals surface area (Å²) in [5, 5.41) is 2.93. The van der Waals surface area contributed by atoms with Crippen LogP contribution in [0.3, 0.4) is 0 Å². The number of para-hydroxylation sites is 1. The Morgan fingerprint density at radius 2 is 1.72 bits per heavy atom. The number of methoxy groups -OCH3 is 1. The Morgan fingerprint density at radius 3 is 2.34 bits per heavy atom. The first-order valence-electron chi connectivity index (χ1n) is 10.5. The van der Waals surface area contributed by atoms with Crippen molar-refractivity contribution in [2.45, 2.75) is 31.2 Å². The molecule has 1 heterocycles. The molecule has 0 bridgehead atoms. The van der Waals surface area contributed by atoms with Crippen molar-refractivity contribution in [1.29, 1.82) is 0 Å². The highest BCUT2D eigenvalue weighted by atomic mass is 32.2. The molecule has 2 aromatic rings. The van der Waals surface area contributed by atoms with Gasteiger partial charge in [-0.05, 0) is 50.1 Å². The zero-order chi connectivity index (χ0) is 23.1. The summed E-state index contributed by atoms with van der Waals surface area (Å²) in [7, 11) is -2.11. The molecule has 0 aromatic heterocycles. The van der Waals surface area contributed by atoms with Crippen molar-refractivity contribution in [1.82, 2.24) is 9.62 Å². The van der Waals surface area contributed by atoms with Gasteiger partial charge in [-0.1, -0.05) is 18.2 Å². The molecular weight excluding hydrogens is 432 g/mol. The van der Waals surface area contributed by atoms with E-state index in [2.05, 4.69) is 5.32 Å². The minimum atomic E-state index is -3.70. The van der Waals surface area contributed by atoms with E-state index in [0.29, 0.717) is 30.7 Å². The number of carbonyl (C=O) groups excluding carboxylic acids is 2. The largest absolute Gasteiger partial charge is 0.496 e. The number of hydrogen-bond acceptors (Lipinski definition) is 6. The van der Waals surface area contributed by atoms with Crippen LogP contribution in [0.4, 0.5) is 0 Å². The van der Waals surface area contributed by atoms with Gasteiger partial charge in [0, 0.05) is 31.1 Å². The standard InChI is InChI=1S/C23H28N2O6S/c1-3-31-23(27)18-8-10-20(11-9-18)32(28,29)25-14-12-17(13-15-25)22(26)24-16-19-6-4-5-7-21(19)30-2/h4-11,17H,3,12-16H2,1-2H3,(H,24,26). The topological polar surface area (TPSA) is 102 Å². The van der Waals surface area contributed by atoms with E-state index < -0.39 is 16.0 Å². The van der Waals surface area contributed by atoms with Crippen LogP contribution in [-0.4, -0.2) is 51.4 Å². The maximum Gasteiger partial charge on any atom is 0.338 e. The molecule has 1 fully saturated rings. The van der Waals surface area contributed by atoms with E-state index in [1.807, 2.05) is 24.3 Å². The zero-order valence-electron chi connectivity index (χ0n) is 18.2. The van der Waals surface area contributed by atoms with Crippen LogP contribution in [0, 0.1) is 5.92 Å². The summed E-state index contributed by atoms with van der Waals surface area (Å²) in [6, 6.07) is 13.2. The van der Waals surface area contributed by atoms with E-state index in [4.69, 9.17) is 9.47 Å². The molecular formula is C23H28N2O6S. The number of nitrogens with one attached hydrogen (secondary N) is 1. The number of hydrogen-bond donors (Lipinski definition) is 1. The lowest BCUT2D eigenvalue weighted by Crippen LogP contribution is -2.42. The third kappa shape index (κ3) is 5.46. The van der Waals surface area contributed by atoms with Crippen molar-refractivity contribution in [2.24, 2.45) is 5.92 Å². The number of sulfonamides is 1. The monoisotopic (exact) mass is 460 g/mol. The minimum absolute atomic E-state index is 0.0910. The summed E-state index contributed by atoms with van der Waals surface area (Å²) < 4.78 is 37.5. The first-order chi connectivity index (χ1) is 15.4. The van der Waals surface area contributed by atoms with E-state index in [-0.39, 0.29) is 36.4 Å². The van der Waals surface area contributed by atoms with Crippen molar-refractivity contribution in [3.63, 3.8) is 0 Å². The van der Waals surface area contributed by atoms with Gasteiger partial charge in [0.25, 0.3) is 0 Å². The van der Waals surface area contributed by atoms with Crippen LogP contribution in [0.5, 0.6) is 5.75 Å². The van der Waals surface area contributed by atoms with Gasteiger partial charge in [-0.2, -0.15) is 4.31 Å². The number of ether oxygens (including phenoxy) is 2. The molecule has 1 amide bonds. The highest BCUT2D eigenvalue weighted by molar-refractivity contribution is 7.89. The van der Waals surface area contributed by atoms with Gasteiger partial charge in [-0.25, -0.2) is 13.2 Å². The van der Waals surface area contributed by atoms with Gasteiger partial charge >= 0.3 is 5.97 Å². The molecule has 2 aromatic carbocycles. The second-order valence-corrected chi connectivity index (χ2v) is 9.39. The molecule has 1 saturated heterocycles. The summed E-state index contributed by atoms with van der Waals surface area (Å²) in [5.41, 5.74) is 1.19. The fourth-order valence-corrected chi connectivity index (χ4v) is 5.13. The second kappa shape index (κ2) is 10.6. The molecule has 32 heavy (non-hydrogen) atoms. The molecule has 0 aliphatic carbocycles. The summed E-state index contributed by atoms with van der Waals surface area (Å²) in [5.74, 6) is -0.117. The molecule has 3 rings (SSSR count). The number of rotatable bonds is 8. The van der Waals surface area contributed by atoms with Gasteiger partial charge in [0.05, 0.1) is 24.2 Å². The van der Waals surface area contributed by atoms with Crippen LogP contribution in [0.2, 0.25) is 0 Å². The summed E-state index contributed by atoms with van der Waals surface area (Å²) in [6.07, 6.45) is 0.885. The normalized spacial score (nSPS) is 15.2. The molecule has 1 aliphatic rings.